The van der Waals surface area contributed by atoms with Gasteiger partial charge in [-0.3, -0.25) is 24.7 Å². The van der Waals surface area contributed by atoms with Gasteiger partial charge in [0.2, 0.25) is 11.8 Å². The summed E-state index contributed by atoms with van der Waals surface area (Å²) in [5.41, 5.74) is 0.0768. The van der Waals surface area contributed by atoms with E-state index in [-0.39, 0.29) is 35.6 Å². The number of nitrogens with zero attached hydrogens (tertiary/aromatic N) is 9. The predicted molar refractivity (Wildman–Crippen MR) is 188 cm³/mol. The molecule has 3 fully saturated rings. The summed E-state index contributed by atoms with van der Waals surface area (Å²) in [4.78, 5) is 55.8. The molecule has 286 valence electrons. The minimum atomic E-state index is -4.80. The molecule has 3 aromatic rings. The number of amides is 3. The Morgan fingerprint density at radius 2 is 1.70 bits per heavy atom. The summed E-state index contributed by atoms with van der Waals surface area (Å²) in [7, 11) is 3.19. The van der Waals surface area contributed by atoms with Crippen molar-refractivity contribution >= 4 is 35.1 Å². The van der Waals surface area contributed by atoms with Crippen molar-refractivity contribution in [2.75, 3.05) is 116 Å². The molecule has 3 aliphatic heterocycles. The van der Waals surface area contributed by atoms with Crippen molar-refractivity contribution in [2.45, 2.75) is 12.7 Å². The predicted octanol–water partition coefficient (Wildman–Crippen LogP) is 1.39. The van der Waals surface area contributed by atoms with Crippen LogP contribution in [0.3, 0.4) is 0 Å². The van der Waals surface area contributed by atoms with Crippen LogP contribution in [0.1, 0.15) is 11.1 Å². The number of hydrogen-bond acceptors (Lipinski definition) is 12. The Bertz CT molecular complexity index is 1800. The van der Waals surface area contributed by atoms with E-state index in [0.29, 0.717) is 76.9 Å². The third-order valence-corrected chi connectivity index (χ3v) is 9.45. The highest BCUT2D eigenvalue weighted by Crippen LogP contribution is 2.38. The van der Waals surface area contributed by atoms with Gasteiger partial charge in [0.05, 0.1) is 38.0 Å². The van der Waals surface area contributed by atoms with Crippen molar-refractivity contribution in [1.29, 1.82) is 0 Å². The van der Waals surface area contributed by atoms with Gasteiger partial charge in [-0.05, 0) is 24.7 Å². The maximum absolute atomic E-state index is 14.3. The standard InChI is InChI=1S/C34H44F3N11O5/c1-43-6-8-44(9-7-43)5-3-4-29(49)39-21-30(50)46-12-10-45(11-13-46)22-24-18-27-32(47-14-16-53-17-15-47)41-31(42-48(27)23-24)25-20-38-28(40-33(51)52-2)19-26(25)34(35,36)37/h3-4,18-20,23H,5-17,21-22H2,1-2H3,(H,39,49)(H,38,40,51)/b4-3+. The molecule has 6 heterocycles. The Labute approximate surface area is 304 Å². The van der Waals surface area contributed by atoms with Crippen LogP contribution in [0.4, 0.5) is 29.6 Å². The lowest BCUT2D eigenvalue weighted by Gasteiger charge is -2.34. The van der Waals surface area contributed by atoms with Crippen LogP contribution in [-0.2, 0) is 31.8 Å². The van der Waals surface area contributed by atoms with E-state index in [4.69, 9.17) is 4.74 Å². The van der Waals surface area contributed by atoms with Gasteiger partial charge >= 0.3 is 12.3 Å². The first kappa shape index (κ1) is 37.9. The number of nitrogens with one attached hydrogen (secondary N) is 2. The molecule has 16 nitrogen and oxygen atoms in total. The van der Waals surface area contributed by atoms with E-state index in [2.05, 4.69) is 52.2 Å². The number of anilines is 2. The average Bonchev–Trinajstić information content (AvgIpc) is 3.56. The van der Waals surface area contributed by atoms with Crippen LogP contribution >= 0.6 is 0 Å². The first-order valence-corrected chi connectivity index (χ1v) is 17.5. The summed E-state index contributed by atoms with van der Waals surface area (Å²) in [5, 5.41) is 9.35. The molecular weight excluding hydrogens is 699 g/mol. The number of alkyl halides is 3. The third kappa shape index (κ3) is 9.78. The molecule has 0 atom stereocenters. The normalized spacial score (nSPS) is 18.1. The zero-order valence-electron chi connectivity index (χ0n) is 29.8. The maximum Gasteiger partial charge on any atom is 0.417 e. The number of carbonyl (C=O) groups excluding carboxylic acids is 3. The number of hydrogen-bond donors (Lipinski definition) is 2. The van der Waals surface area contributed by atoms with Crippen LogP contribution < -0.4 is 15.5 Å². The summed E-state index contributed by atoms with van der Waals surface area (Å²) in [6, 6.07) is 2.65. The molecule has 0 saturated carbocycles. The first-order chi connectivity index (χ1) is 25.5. The Balaban J connectivity index is 1.11. The number of ether oxygens (including phenoxy) is 2. The third-order valence-electron chi connectivity index (χ3n) is 9.45. The molecule has 0 aliphatic carbocycles. The van der Waals surface area contributed by atoms with E-state index in [1.54, 1.807) is 11.1 Å². The lowest BCUT2D eigenvalue weighted by atomic mass is 10.1. The smallest absolute Gasteiger partial charge is 0.417 e. The van der Waals surface area contributed by atoms with Crippen molar-refractivity contribution in [3.8, 4) is 11.4 Å². The van der Waals surface area contributed by atoms with Crippen molar-refractivity contribution in [2.24, 2.45) is 0 Å². The van der Waals surface area contributed by atoms with Gasteiger partial charge < -0.3 is 29.5 Å². The Morgan fingerprint density at radius 3 is 2.40 bits per heavy atom. The molecule has 3 saturated heterocycles. The maximum atomic E-state index is 14.3. The highest BCUT2D eigenvalue weighted by molar-refractivity contribution is 5.91. The number of pyridine rings is 1. The molecule has 0 bridgehead atoms. The van der Waals surface area contributed by atoms with Gasteiger partial charge in [0.15, 0.2) is 11.6 Å². The van der Waals surface area contributed by atoms with Crippen molar-refractivity contribution in [3.63, 3.8) is 0 Å². The number of rotatable bonds is 10. The molecule has 2 N–H and O–H groups in total. The van der Waals surface area contributed by atoms with Crippen LogP contribution in [0.5, 0.6) is 0 Å². The Hall–Kier alpha value is -4.85. The summed E-state index contributed by atoms with van der Waals surface area (Å²) in [6.45, 7) is 9.04. The van der Waals surface area contributed by atoms with E-state index in [1.807, 2.05) is 17.0 Å². The Morgan fingerprint density at radius 1 is 0.981 bits per heavy atom. The molecular formula is C34H44F3N11O5. The molecule has 53 heavy (non-hydrogen) atoms. The Kier molecular flexibility index (Phi) is 12.1. The second-order valence-corrected chi connectivity index (χ2v) is 13.1. The number of likely N-dealkylation sites (N-methyl/N-ethyl adjacent to an activating group) is 1. The van der Waals surface area contributed by atoms with E-state index in [9.17, 15) is 27.6 Å². The SMILES string of the molecule is COC(=O)Nc1cc(C(F)(F)F)c(-c2nc(N3CCOCC3)c3cc(CN4CCN(C(=O)CNC(=O)/C=C/CN5CCN(C)CC5)CC4)cn3n2)cn1. The molecule has 19 heteroatoms. The number of fused-ring (bicyclic) bond motifs is 1. The van der Waals surface area contributed by atoms with Crippen LogP contribution in [0.25, 0.3) is 16.9 Å². The van der Waals surface area contributed by atoms with Gasteiger partial charge in [-0.25, -0.2) is 19.3 Å². The van der Waals surface area contributed by atoms with Crippen molar-refractivity contribution in [3.05, 3.63) is 47.8 Å². The van der Waals surface area contributed by atoms with Gasteiger partial charge in [0.25, 0.3) is 0 Å². The molecule has 3 amide bonds. The second kappa shape index (κ2) is 16.9. The number of morpholine rings is 1. The van der Waals surface area contributed by atoms with Crippen LogP contribution in [-0.4, -0.2) is 163 Å². The molecule has 3 aliphatic rings. The fraction of sp³-hybridized carbons (Fsp3) is 0.529. The molecule has 6 rings (SSSR count). The van der Waals surface area contributed by atoms with Crippen LogP contribution in [0.2, 0.25) is 0 Å². The fourth-order valence-corrected chi connectivity index (χ4v) is 6.42. The summed E-state index contributed by atoms with van der Waals surface area (Å²) < 4.78 is 54.5. The summed E-state index contributed by atoms with van der Waals surface area (Å²) in [5.74, 6) is -0.508. The van der Waals surface area contributed by atoms with Gasteiger partial charge in [-0.2, -0.15) is 13.2 Å². The largest absolute Gasteiger partial charge is 0.453 e. The fourth-order valence-electron chi connectivity index (χ4n) is 6.42. The lowest BCUT2D eigenvalue weighted by molar-refractivity contribution is -0.137. The topological polar surface area (TPSA) is 153 Å². The lowest BCUT2D eigenvalue weighted by Crippen LogP contribution is -2.50. The highest BCUT2D eigenvalue weighted by atomic mass is 19.4. The van der Waals surface area contributed by atoms with Crippen LogP contribution in [0, 0.1) is 0 Å². The molecule has 3 aromatic heterocycles. The molecule has 0 aromatic carbocycles. The van der Waals surface area contributed by atoms with E-state index in [0.717, 1.165) is 51.1 Å². The number of halogens is 3. The monoisotopic (exact) mass is 743 g/mol. The number of methoxy groups -OCH3 is 1. The van der Waals surface area contributed by atoms with E-state index in [1.165, 1.54) is 10.6 Å². The van der Waals surface area contributed by atoms with Gasteiger partial charge in [-0.15, -0.1) is 5.10 Å². The quantitative estimate of drug-likeness (QED) is 0.289. The number of carbonyl (C=O) groups is 3. The zero-order valence-corrected chi connectivity index (χ0v) is 29.8. The van der Waals surface area contributed by atoms with Crippen molar-refractivity contribution < 1.29 is 37.0 Å². The second-order valence-electron chi connectivity index (χ2n) is 13.1. The number of piperazine rings is 2. The summed E-state index contributed by atoms with van der Waals surface area (Å²) in [6.07, 6.45) is 0.301. The molecule has 0 radical (unpaired) electrons. The van der Waals surface area contributed by atoms with Gasteiger partial charge in [0.1, 0.15) is 11.3 Å². The highest BCUT2D eigenvalue weighted by Gasteiger charge is 2.36. The molecule has 0 unspecified atom stereocenters. The van der Waals surface area contributed by atoms with E-state index >= 15 is 0 Å². The molecule has 0 spiro atoms. The van der Waals surface area contributed by atoms with E-state index < -0.39 is 17.8 Å². The number of aromatic nitrogens is 4. The average molecular weight is 744 g/mol. The van der Waals surface area contributed by atoms with Crippen LogP contribution in [0.15, 0.2) is 36.7 Å². The first-order valence-electron chi connectivity index (χ1n) is 17.5. The minimum Gasteiger partial charge on any atom is -0.453 e. The van der Waals surface area contributed by atoms with Gasteiger partial charge in [0, 0.05) is 97.0 Å². The zero-order chi connectivity index (χ0) is 37.5. The summed E-state index contributed by atoms with van der Waals surface area (Å²) >= 11 is 0. The van der Waals surface area contributed by atoms with Gasteiger partial charge in [-0.1, -0.05) is 6.08 Å². The minimum absolute atomic E-state index is 0.0794. The van der Waals surface area contributed by atoms with Crippen molar-refractivity contribution in [1.82, 2.24) is 44.5 Å².